The minimum Gasteiger partial charge on any atom is -0.0312 e. The number of rotatable bonds is 18. The summed E-state index contributed by atoms with van der Waals surface area (Å²) in [7, 11) is -1.98. The fourth-order valence-electron chi connectivity index (χ4n) is 1.86. The Morgan fingerprint density at radius 3 is 0.864 bits per heavy atom. The van der Waals surface area contributed by atoms with Crippen LogP contribution >= 0.6 is 24.8 Å². The van der Waals surface area contributed by atoms with Gasteiger partial charge >= 0.3 is 47.4 Å². The molecule has 0 heterocycles. The van der Waals surface area contributed by atoms with Crippen LogP contribution in [0.3, 0.4) is 0 Å². The first-order chi connectivity index (χ1) is 20.0. The summed E-state index contributed by atoms with van der Waals surface area (Å²) in [6.07, 6.45) is 13.2. The van der Waals surface area contributed by atoms with Gasteiger partial charge in [0.15, 0.2) is 0 Å². The third-order valence-electron chi connectivity index (χ3n) is 3.61. The van der Waals surface area contributed by atoms with Crippen LogP contribution in [0.15, 0.2) is 0 Å². The fraction of sp³-hybridized carbons (Fsp3) is 0.600. The summed E-state index contributed by atoms with van der Waals surface area (Å²) < 4.78 is 73.5. The predicted octanol–water partition coefficient (Wildman–Crippen LogP) is 5.97. The van der Waals surface area contributed by atoms with Crippen molar-refractivity contribution in [1.82, 2.24) is 0 Å². The van der Waals surface area contributed by atoms with Gasteiger partial charge in [0, 0.05) is 69.2 Å². The molecule has 0 amide bonds. The van der Waals surface area contributed by atoms with Crippen LogP contribution in [-0.2, 0) is 101 Å². The van der Waals surface area contributed by atoms with Crippen LogP contribution in [0.4, 0.5) is 0 Å². The van der Waals surface area contributed by atoms with E-state index in [1.807, 2.05) is 32.1 Å². The number of carbonyl (C=O) groups is 3. The Kier molecular flexibility index (Phi) is 70.2. The maximum absolute atomic E-state index is 10.5. The van der Waals surface area contributed by atoms with E-state index < -0.39 is 24.8 Å². The molecule has 0 saturated heterocycles. The molecule has 19 heteroatoms. The molecular weight excluding hydrogens is 779 g/mol. The summed E-state index contributed by atoms with van der Waals surface area (Å²) in [5, 5.41) is 0. The molecule has 1 aliphatic carbocycles. The minimum absolute atomic E-state index is 0. The summed E-state index contributed by atoms with van der Waals surface area (Å²) in [6.45, 7) is 14.5. The Balaban J connectivity index is -0.0000000803. The van der Waals surface area contributed by atoms with Gasteiger partial charge in [-0.15, -0.1) is 27.1 Å². The van der Waals surface area contributed by atoms with E-state index in [9.17, 15) is 28.1 Å². The van der Waals surface area contributed by atoms with Gasteiger partial charge in [0.05, 0.1) is 21.3 Å². The van der Waals surface area contributed by atoms with Crippen LogP contribution in [0.1, 0.15) is 59.3 Å². The fourth-order valence-corrected chi connectivity index (χ4v) is 3.01. The quantitative estimate of drug-likeness (QED) is 0.0517. The zero-order valence-corrected chi connectivity index (χ0v) is 30.8. The average Bonchev–Trinajstić information content (AvgIpc) is 3.58. The number of carbonyl (C=O) groups excluding carboxylic acids is 3. The Hall–Kier alpha value is -0.320. The maximum atomic E-state index is 10.5. The van der Waals surface area contributed by atoms with E-state index in [1.165, 1.54) is 42.1 Å². The summed E-state index contributed by atoms with van der Waals surface area (Å²) in [5.41, 5.74) is 0. The summed E-state index contributed by atoms with van der Waals surface area (Å²) in [4.78, 5) is 31.2. The normalized spacial score (nSPS) is 11.3. The van der Waals surface area contributed by atoms with Gasteiger partial charge < -0.3 is 14.4 Å². The van der Waals surface area contributed by atoms with Crippen LogP contribution in [-0.4, -0.2) is 58.5 Å². The largest absolute Gasteiger partial charge is 0.0312 e. The second kappa shape index (κ2) is 52.2. The molecular formula is C25H41CoO14P3Rh+3. The van der Waals surface area contributed by atoms with Crippen LogP contribution < -0.4 is 0 Å². The molecule has 44 heavy (non-hydrogen) atoms. The Morgan fingerprint density at radius 2 is 0.727 bits per heavy atom. The molecule has 0 spiro atoms. The Morgan fingerprint density at radius 1 is 0.545 bits per heavy atom. The number of Topliss-reactive ketones (excluding diaryl/α,β-unsaturated/α-hetero) is 3. The summed E-state index contributed by atoms with van der Waals surface area (Å²) >= 11 is 0. The van der Waals surface area contributed by atoms with Crippen molar-refractivity contribution in [3.63, 3.8) is 0 Å². The summed E-state index contributed by atoms with van der Waals surface area (Å²) in [6, 6.07) is 0. The van der Waals surface area contributed by atoms with Crippen molar-refractivity contribution in [3.8, 4) is 0 Å². The van der Waals surface area contributed by atoms with Gasteiger partial charge in [-0.1, -0.05) is 0 Å². The SMILES string of the molecule is CO[P+](=O)OCCCC(C)=O.CO[P+](=O)OCCCC(C)=O.CO[P+](=O)OCCCC(C)=O.[C-]#[O+].[C-]#[O+].[CH]1[CH][CH][CH][CH]1.[Co].[Rh]. The maximum Gasteiger partial charge on any atom is 0 e. The molecule has 3 unspecified atom stereocenters. The van der Waals surface area contributed by atoms with E-state index in [4.69, 9.17) is 9.30 Å². The number of hydrogen-bond donors (Lipinski definition) is 0. The van der Waals surface area contributed by atoms with Crippen molar-refractivity contribution in [2.45, 2.75) is 59.3 Å². The van der Waals surface area contributed by atoms with E-state index in [0.29, 0.717) is 58.3 Å². The Bertz CT molecular complexity index is 672. The minimum atomic E-state index is -1.97. The Labute approximate surface area is 287 Å². The standard InChI is InChI=1S/3C6H12O4P.C5H5.2CO.Co.Rh/c3*1-6(7)4-3-5-10-11(8)9-2;1-2-4-5-3-1;2*1-2;;/h3*3-5H2,1-2H3;1-5H;;;;/q3*+1;;;;;. The molecule has 0 aliphatic heterocycles. The van der Waals surface area contributed by atoms with Crippen molar-refractivity contribution >= 4 is 42.1 Å². The molecule has 1 saturated carbocycles. The molecule has 0 aromatic carbocycles. The van der Waals surface area contributed by atoms with Crippen molar-refractivity contribution in [2.75, 3.05) is 41.2 Å². The van der Waals surface area contributed by atoms with Crippen LogP contribution in [0.2, 0.25) is 0 Å². The topological polar surface area (TPSA) is 198 Å². The molecule has 255 valence electrons. The summed E-state index contributed by atoms with van der Waals surface area (Å²) in [5.74, 6) is 0.337. The zero-order valence-electron chi connectivity index (χ0n) is 25.5. The van der Waals surface area contributed by atoms with E-state index in [-0.39, 0.29) is 53.6 Å². The first kappa shape index (κ1) is 59.1. The second-order valence-corrected chi connectivity index (χ2v) is 10.3. The van der Waals surface area contributed by atoms with Gasteiger partial charge in [-0.2, -0.15) is 0 Å². The second-order valence-electron chi connectivity index (χ2n) is 7.10. The van der Waals surface area contributed by atoms with Gasteiger partial charge in [0.2, 0.25) is 0 Å². The molecule has 0 N–H and O–H groups in total. The van der Waals surface area contributed by atoms with Gasteiger partial charge in [-0.25, -0.2) is 0 Å². The molecule has 0 bridgehead atoms. The van der Waals surface area contributed by atoms with E-state index in [1.54, 1.807) is 0 Å². The van der Waals surface area contributed by atoms with Gasteiger partial charge in [-0.05, 0) is 72.1 Å². The van der Waals surface area contributed by atoms with E-state index >= 15 is 0 Å². The molecule has 14 nitrogen and oxygen atoms in total. The molecule has 1 aliphatic rings. The monoisotopic (exact) mass is 820 g/mol. The van der Waals surface area contributed by atoms with Crippen molar-refractivity contribution in [3.05, 3.63) is 45.4 Å². The van der Waals surface area contributed by atoms with Crippen LogP contribution in [0, 0.1) is 45.4 Å². The molecule has 1 rings (SSSR count). The smallest absolute Gasteiger partial charge is 0 e. The molecule has 0 aromatic heterocycles. The zero-order chi connectivity index (χ0) is 33.6. The van der Waals surface area contributed by atoms with Gasteiger partial charge in [0.25, 0.3) is 0 Å². The molecule has 0 aromatic rings. The molecule has 7 radical (unpaired) electrons. The van der Waals surface area contributed by atoms with E-state index in [0.717, 1.165) is 0 Å². The average molecular weight is 820 g/mol. The van der Waals surface area contributed by atoms with Gasteiger partial charge in [-0.3, -0.25) is 0 Å². The third-order valence-corrected chi connectivity index (χ3v) is 5.69. The predicted molar refractivity (Wildman–Crippen MR) is 151 cm³/mol. The van der Waals surface area contributed by atoms with Gasteiger partial charge in [0.1, 0.15) is 37.2 Å². The van der Waals surface area contributed by atoms with Crippen molar-refractivity contribution < 1.29 is 101 Å². The molecule has 3 atom stereocenters. The first-order valence-electron chi connectivity index (χ1n) is 12.0. The molecule has 1 fully saturated rings. The third kappa shape index (κ3) is 68.7. The van der Waals surface area contributed by atoms with Crippen molar-refractivity contribution in [1.29, 1.82) is 0 Å². The van der Waals surface area contributed by atoms with E-state index in [2.05, 4.69) is 40.4 Å². The van der Waals surface area contributed by atoms with Crippen molar-refractivity contribution in [2.24, 2.45) is 0 Å². The van der Waals surface area contributed by atoms with Crippen LogP contribution in [0.5, 0.6) is 0 Å². The number of hydrogen-bond acceptors (Lipinski definition) is 12. The van der Waals surface area contributed by atoms with Crippen LogP contribution in [0.25, 0.3) is 0 Å². The first-order valence-corrected chi connectivity index (χ1v) is 15.3. The number of ketones is 3.